The number of benzene rings is 1. The van der Waals surface area contributed by atoms with Crippen LogP contribution in [0.15, 0.2) is 24.4 Å². The fourth-order valence-corrected chi connectivity index (χ4v) is 1.78. The summed E-state index contributed by atoms with van der Waals surface area (Å²) in [4.78, 5) is 12.1. The molecule has 0 saturated carbocycles. The van der Waals surface area contributed by atoms with Crippen molar-refractivity contribution < 1.29 is 13.6 Å². The van der Waals surface area contributed by atoms with E-state index in [1.165, 1.54) is 16.9 Å². The van der Waals surface area contributed by atoms with Crippen molar-refractivity contribution in [3.05, 3.63) is 47.3 Å². The fourth-order valence-electron chi connectivity index (χ4n) is 1.78. The maximum atomic E-state index is 13.1. The van der Waals surface area contributed by atoms with Crippen LogP contribution in [0.3, 0.4) is 0 Å². The normalized spacial score (nSPS) is 10.7. The van der Waals surface area contributed by atoms with Crippen LogP contribution in [0.5, 0.6) is 0 Å². The molecule has 1 heterocycles. The van der Waals surface area contributed by atoms with Gasteiger partial charge in [0.05, 0.1) is 6.20 Å². The highest BCUT2D eigenvalue weighted by atomic mass is 19.2. The molecule has 100 valence electrons. The molecule has 0 atom stereocenters. The van der Waals surface area contributed by atoms with Crippen LogP contribution in [-0.4, -0.2) is 20.8 Å². The number of carbonyl (C=O) groups excluding carboxylic acids is 1. The number of carbonyl (C=O) groups is 1. The zero-order valence-corrected chi connectivity index (χ0v) is 10.4. The Balaban J connectivity index is 2.16. The van der Waals surface area contributed by atoms with Crippen LogP contribution in [-0.2, 0) is 13.0 Å². The molecule has 6 heteroatoms. The Hall–Kier alpha value is -2.11. The second-order valence-corrected chi connectivity index (χ2v) is 4.19. The minimum absolute atomic E-state index is 0.00567. The summed E-state index contributed by atoms with van der Waals surface area (Å²) in [6.07, 6.45) is 2.21. The monoisotopic (exact) mass is 265 g/mol. The van der Waals surface area contributed by atoms with Crippen molar-refractivity contribution in [3.63, 3.8) is 0 Å². The van der Waals surface area contributed by atoms with Gasteiger partial charge in [0.15, 0.2) is 17.4 Å². The van der Waals surface area contributed by atoms with E-state index in [0.29, 0.717) is 17.8 Å². The van der Waals surface area contributed by atoms with Crippen LogP contribution in [0, 0.1) is 11.6 Å². The number of hydrogen-bond donors (Lipinski definition) is 0. The number of Topliss-reactive ketones (excluding diaryl/α,β-unsaturated/α-hetero) is 1. The predicted octanol–water partition coefficient (Wildman–Crippen LogP) is 2.39. The topological polar surface area (TPSA) is 47.8 Å². The first-order valence-electron chi connectivity index (χ1n) is 5.97. The molecule has 4 nitrogen and oxygen atoms in total. The molecule has 19 heavy (non-hydrogen) atoms. The van der Waals surface area contributed by atoms with Crippen LogP contribution in [0.25, 0.3) is 0 Å². The number of halogens is 2. The summed E-state index contributed by atoms with van der Waals surface area (Å²) >= 11 is 0. The Morgan fingerprint density at radius 3 is 2.79 bits per heavy atom. The van der Waals surface area contributed by atoms with E-state index < -0.39 is 11.6 Å². The molecule has 0 aliphatic heterocycles. The van der Waals surface area contributed by atoms with Gasteiger partial charge < -0.3 is 0 Å². The smallest absolute Gasteiger partial charge is 0.186 e. The summed E-state index contributed by atoms with van der Waals surface area (Å²) < 4.78 is 27.4. The number of ketones is 1. The quantitative estimate of drug-likeness (QED) is 0.780. The van der Waals surface area contributed by atoms with E-state index in [1.807, 2.05) is 6.92 Å². The third-order valence-electron chi connectivity index (χ3n) is 2.69. The molecule has 0 N–H and O–H groups in total. The van der Waals surface area contributed by atoms with Gasteiger partial charge in [0.25, 0.3) is 0 Å². The molecule has 2 rings (SSSR count). The number of rotatable bonds is 5. The molecular formula is C13H13F2N3O. The second-order valence-electron chi connectivity index (χ2n) is 4.19. The van der Waals surface area contributed by atoms with E-state index in [1.54, 1.807) is 0 Å². The van der Waals surface area contributed by atoms with Crippen LogP contribution in [0.2, 0.25) is 0 Å². The number of hydrogen-bond acceptors (Lipinski definition) is 3. The van der Waals surface area contributed by atoms with Gasteiger partial charge in [-0.25, -0.2) is 13.5 Å². The average molecular weight is 265 g/mol. The Morgan fingerprint density at radius 1 is 1.32 bits per heavy atom. The Bertz CT molecular complexity index is 595. The molecule has 0 fully saturated rings. The molecule has 0 bridgehead atoms. The molecule has 1 aromatic carbocycles. The lowest BCUT2D eigenvalue weighted by Gasteiger charge is -2.04. The van der Waals surface area contributed by atoms with Gasteiger partial charge in [-0.05, 0) is 24.1 Å². The predicted molar refractivity (Wildman–Crippen MR) is 64.7 cm³/mol. The van der Waals surface area contributed by atoms with E-state index >= 15 is 0 Å². The van der Waals surface area contributed by atoms with Crippen molar-refractivity contribution in [1.29, 1.82) is 0 Å². The van der Waals surface area contributed by atoms with Crippen LogP contribution in [0.4, 0.5) is 8.78 Å². The Kier molecular flexibility index (Phi) is 3.99. The first kappa shape index (κ1) is 13.3. The summed E-state index contributed by atoms with van der Waals surface area (Å²) in [7, 11) is 0. The second kappa shape index (κ2) is 5.69. The van der Waals surface area contributed by atoms with E-state index in [4.69, 9.17) is 0 Å². The highest BCUT2D eigenvalue weighted by Gasteiger charge is 2.14. The van der Waals surface area contributed by atoms with Gasteiger partial charge in [-0.15, -0.1) is 5.10 Å². The molecule has 2 aromatic rings. The number of nitrogens with zero attached hydrogens (tertiary/aromatic N) is 3. The highest BCUT2D eigenvalue weighted by Crippen LogP contribution is 2.11. The maximum absolute atomic E-state index is 13.1. The zero-order valence-electron chi connectivity index (χ0n) is 10.4. The van der Waals surface area contributed by atoms with Gasteiger partial charge in [-0.2, -0.15) is 0 Å². The van der Waals surface area contributed by atoms with Crippen molar-refractivity contribution >= 4 is 5.78 Å². The first-order chi connectivity index (χ1) is 9.11. The number of aromatic nitrogens is 3. The van der Waals surface area contributed by atoms with Gasteiger partial charge in [0.1, 0.15) is 5.69 Å². The summed E-state index contributed by atoms with van der Waals surface area (Å²) in [5, 5.41) is 7.51. The SMILES string of the molecule is CCCn1nncc1C(=O)Cc1ccc(F)c(F)c1. The molecular weight excluding hydrogens is 252 g/mol. The molecule has 0 radical (unpaired) electrons. The summed E-state index contributed by atoms with van der Waals surface area (Å²) in [5.74, 6) is -2.09. The molecule has 0 aliphatic rings. The van der Waals surface area contributed by atoms with Crippen LogP contribution >= 0.6 is 0 Å². The minimum Gasteiger partial charge on any atom is -0.292 e. The molecule has 0 aliphatic carbocycles. The van der Waals surface area contributed by atoms with E-state index in [-0.39, 0.29) is 12.2 Å². The summed E-state index contributed by atoms with van der Waals surface area (Å²) in [6, 6.07) is 3.44. The largest absolute Gasteiger partial charge is 0.292 e. The lowest BCUT2D eigenvalue weighted by atomic mass is 10.1. The van der Waals surface area contributed by atoms with Crippen molar-refractivity contribution in [2.45, 2.75) is 26.3 Å². The van der Waals surface area contributed by atoms with E-state index in [0.717, 1.165) is 18.6 Å². The highest BCUT2D eigenvalue weighted by molar-refractivity contribution is 5.95. The lowest BCUT2D eigenvalue weighted by Crippen LogP contribution is -2.12. The summed E-state index contributed by atoms with van der Waals surface area (Å²) in [6.45, 7) is 2.56. The fraction of sp³-hybridized carbons (Fsp3) is 0.308. The van der Waals surface area contributed by atoms with Gasteiger partial charge in [-0.1, -0.05) is 18.2 Å². The van der Waals surface area contributed by atoms with Gasteiger partial charge >= 0.3 is 0 Å². The third kappa shape index (κ3) is 3.01. The first-order valence-corrected chi connectivity index (χ1v) is 5.97. The third-order valence-corrected chi connectivity index (χ3v) is 2.69. The van der Waals surface area contributed by atoms with E-state index in [9.17, 15) is 13.6 Å². The van der Waals surface area contributed by atoms with Crippen molar-refractivity contribution in [2.24, 2.45) is 0 Å². The molecule has 0 saturated heterocycles. The van der Waals surface area contributed by atoms with Crippen molar-refractivity contribution in [1.82, 2.24) is 15.0 Å². The number of aryl methyl sites for hydroxylation is 1. The Labute approximate surface area is 109 Å². The lowest BCUT2D eigenvalue weighted by molar-refractivity contribution is 0.0982. The zero-order chi connectivity index (χ0) is 13.8. The van der Waals surface area contributed by atoms with Gasteiger partial charge in [0.2, 0.25) is 0 Å². The maximum Gasteiger partial charge on any atom is 0.186 e. The molecule has 1 aromatic heterocycles. The van der Waals surface area contributed by atoms with E-state index in [2.05, 4.69) is 10.3 Å². The molecule has 0 spiro atoms. The minimum atomic E-state index is -0.953. The molecule has 0 unspecified atom stereocenters. The standard InChI is InChI=1S/C13H13F2N3O/c1-2-5-18-12(8-16-17-18)13(19)7-9-3-4-10(14)11(15)6-9/h3-4,6,8H,2,5,7H2,1H3. The Morgan fingerprint density at radius 2 is 2.11 bits per heavy atom. The van der Waals surface area contributed by atoms with Gasteiger partial charge in [-0.3, -0.25) is 4.79 Å². The summed E-state index contributed by atoms with van der Waals surface area (Å²) in [5.41, 5.74) is 0.805. The van der Waals surface area contributed by atoms with Crippen LogP contribution < -0.4 is 0 Å². The van der Waals surface area contributed by atoms with Gasteiger partial charge in [0, 0.05) is 13.0 Å². The van der Waals surface area contributed by atoms with Crippen molar-refractivity contribution in [3.8, 4) is 0 Å². The van der Waals surface area contributed by atoms with Crippen LogP contribution in [0.1, 0.15) is 29.4 Å². The average Bonchev–Trinajstić information content (AvgIpc) is 2.83. The molecule has 0 amide bonds. The van der Waals surface area contributed by atoms with Crippen molar-refractivity contribution in [2.75, 3.05) is 0 Å².